The molecule has 0 unspecified atom stereocenters. The van der Waals surface area contributed by atoms with Gasteiger partial charge in [0.05, 0.1) is 12.2 Å². The molecule has 2 fully saturated rings. The van der Waals surface area contributed by atoms with Crippen LogP contribution in [0.25, 0.3) is 0 Å². The smallest absolute Gasteiger partial charge is 0.253 e. The standard InChI is InChI=1S/C27H36N4O2/c32-26-18-24(28-25-9-5-2-6-13-31(25)26)23-12-16-30(19-23)27(33)20-29-14-10-22(11-15-29)17-21-7-3-1-4-8-21/h1,3-4,7-8,18,22-23H,2,5-6,9-17,19-20H2/t23-/m1/s1. The lowest BCUT2D eigenvalue weighted by Gasteiger charge is -2.32. The van der Waals surface area contributed by atoms with Crippen LogP contribution in [0.4, 0.5) is 0 Å². The molecule has 0 spiro atoms. The van der Waals surface area contributed by atoms with Crippen molar-refractivity contribution in [3.8, 4) is 0 Å². The number of hydrogen-bond donors (Lipinski definition) is 0. The molecule has 1 aromatic carbocycles. The van der Waals surface area contributed by atoms with Gasteiger partial charge in [0.25, 0.3) is 5.56 Å². The number of likely N-dealkylation sites (tertiary alicyclic amines) is 2. The maximum atomic E-state index is 13.0. The van der Waals surface area contributed by atoms with E-state index < -0.39 is 0 Å². The number of benzene rings is 1. The first kappa shape index (κ1) is 22.3. The van der Waals surface area contributed by atoms with Crippen molar-refractivity contribution in [3.63, 3.8) is 0 Å². The summed E-state index contributed by atoms with van der Waals surface area (Å²) in [7, 11) is 0. The lowest BCUT2D eigenvalue weighted by Crippen LogP contribution is -2.43. The number of amides is 1. The lowest BCUT2D eigenvalue weighted by molar-refractivity contribution is -0.131. The van der Waals surface area contributed by atoms with Gasteiger partial charge in [-0.05, 0) is 63.1 Å². The van der Waals surface area contributed by atoms with E-state index >= 15 is 0 Å². The van der Waals surface area contributed by atoms with Crippen LogP contribution in [0.15, 0.2) is 41.2 Å². The average Bonchev–Trinajstić information content (AvgIpc) is 3.20. The van der Waals surface area contributed by atoms with Crippen molar-refractivity contribution in [1.29, 1.82) is 0 Å². The van der Waals surface area contributed by atoms with E-state index in [4.69, 9.17) is 4.98 Å². The molecule has 3 aliphatic heterocycles. The van der Waals surface area contributed by atoms with Gasteiger partial charge in [0, 0.05) is 38.0 Å². The van der Waals surface area contributed by atoms with Crippen LogP contribution in [0.5, 0.6) is 0 Å². The SMILES string of the molecule is O=C(CN1CCC(Cc2ccccc2)CC1)N1CC[C@@H](c2cc(=O)n3c(n2)CCCCC3)C1. The van der Waals surface area contributed by atoms with Crippen LogP contribution in [0, 0.1) is 5.92 Å². The van der Waals surface area contributed by atoms with E-state index in [0.717, 1.165) is 89.1 Å². The van der Waals surface area contributed by atoms with Crippen LogP contribution >= 0.6 is 0 Å². The fourth-order valence-corrected chi connectivity index (χ4v) is 5.76. The number of piperidine rings is 1. The summed E-state index contributed by atoms with van der Waals surface area (Å²) in [5, 5.41) is 0. The monoisotopic (exact) mass is 448 g/mol. The Hall–Kier alpha value is -2.47. The van der Waals surface area contributed by atoms with Crippen molar-refractivity contribution in [2.45, 2.75) is 63.8 Å². The molecule has 6 nitrogen and oxygen atoms in total. The molecule has 1 atom stereocenters. The molecule has 6 heteroatoms. The second-order valence-electron chi connectivity index (χ2n) is 10.1. The molecule has 5 rings (SSSR count). The second kappa shape index (κ2) is 10.2. The van der Waals surface area contributed by atoms with Crippen LogP contribution in [-0.2, 0) is 24.2 Å². The molecule has 176 valence electrons. The molecule has 4 heterocycles. The summed E-state index contributed by atoms with van der Waals surface area (Å²) in [6.07, 6.45) is 8.58. The summed E-state index contributed by atoms with van der Waals surface area (Å²) in [6.45, 7) is 4.78. The van der Waals surface area contributed by atoms with Gasteiger partial charge in [-0.3, -0.25) is 19.1 Å². The number of aryl methyl sites for hydroxylation is 1. The van der Waals surface area contributed by atoms with Crippen molar-refractivity contribution >= 4 is 5.91 Å². The Balaban J connectivity index is 1.12. The molecule has 2 aromatic rings. The first-order chi connectivity index (χ1) is 16.2. The van der Waals surface area contributed by atoms with E-state index in [0.29, 0.717) is 19.0 Å². The zero-order valence-electron chi connectivity index (χ0n) is 19.6. The highest BCUT2D eigenvalue weighted by Gasteiger charge is 2.31. The summed E-state index contributed by atoms with van der Waals surface area (Å²) in [6, 6.07) is 12.5. The lowest BCUT2D eigenvalue weighted by atomic mass is 9.90. The fraction of sp³-hybridized carbons (Fsp3) is 0.593. The average molecular weight is 449 g/mol. The first-order valence-electron chi connectivity index (χ1n) is 12.8. The minimum absolute atomic E-state index is 0.0834. The molecule has 3 aliphatic rings. The minimum Gasteiger partial charge on any atom is -0.341 e. The highest BCUT2D eigenvalue weighted by Crippen LogP contribution is 2.27. The molecule has 0 bridgehead atoms. The van der Waals surface area contributed by atoms with Crippen LogP contribution < -0.4 is 5.56 Å². The van der Waals surface area contributed by atoms with Gasteiger partial charge in [0.2, 0.25) is 5.91 Å². The van der Waals surface area contributed by atoms with Crippen molar-refractivity contribution in [3.05, 3.63) is 63.8 Å². The minimum atomic E-state index is 0.0834. The third-order valence-electron chi connectivity index (χ3n) is 7.78. The van der Waals surface area contributed by atoms with Crippen LogP contribution in [-0.4, -0.2) is 58.0 Å². The van der Waals surface area contributed by atoms with Crippen molar-refractivity contribution in [2.75, 3.05) is 32.7 Å². The number of carbonyl (C=O) groups excluding carboxylic acids is 1. The summed E-state index contributed by atoms with van der Waals surface area (Å²) < 4.78 is 1.86. The Labute approximate surface area is 196 Å². The van der Waals surface area contributed by atoms with Crippen LogP contribution in [0.3, 0.4) is 0 Å². The molecular formula is C27H36N4O2. The van der Waals surface area contributed by atoms with E-state index in [1.807, 2.05) is 9.47 Å². The van der Waals surface area contributed by atoms with Gasteiger partial charge in [0.15, 0.2) is 0 Å². The van der Waals surface area contributed by atoms with E-state index in [1.54, 1.807) is 6.07 Å². The molecular weight excluding hydrogens is 412 g/mol. The van der Waals surface area contributed by atoms with Crippen molar-refractivity contribution in [1.82, 2.24) is 19.4 Å². The number of carbonyl (C=O) groups is 1. The van der Waals surface area contributed by atoms with Gasteiger partial charge in [-0.2, -0.15) is 0 Å². The van der Waals surface area contributed by atoms with Crippen LogP contribution in [0.2, 0.25) is 0 Å². The van der Waals surface area contributed by atoms with Crippen molar-refractivity contribution < 1.29 is 4.79 Å². The maximum absolute atomic E-state index is 13.0. The Morgan fingerprint density at radius 2 is 1.79 bits per heavy atom. The molecule has 0 N–H and O–H groups in total. The topological polar surface area (TPSA) is 58.4 Å². The number of fused-ring (bicyclic) bond motifs is 1. The summed E-state index contributed by atoms with van der Waals surface area (Å²) in [4.78, 5) is 34.9. The van der Waals surface area contributed by atoms with Gasteiger partial charge >= 0.3 is 0 Å². The first-order valence-corrected chi connectivity index (χ1v) is 12.8. The van der Waals surface area contributed by atoms with Crippen LogP contribution in [0.1, 0.15) is 61.5 Å². The fourth-order valence-electron chi connectivity index (χ4n) is 5.76. The summed E-state index contributed by atoms with van der Waals surface area (Å²) in [5.74, 6) is 2.07. The molecule has 0 aliphatic carbocycles. The normalized spacial score (nSPS) is 22.2. The van der Waals surface area contributed by atoms with E-state index in [-0.39, 0.29) is 17.4 Å². The van der Waals surface area contributed by atoms with Gasteiger partial charge < -0.3 is 4.90 Å². The number of aromatic nitrogens is 2. The molecule has 0 radical (unpaired) electrons. The van der Waals surface area contributed by atoms with E-state index in [2.05, 4.69) is 35.2 Å². The van der Waals surface area contributed by atoms with Gasteiger partial charge in [-0.25, -0.2) is 4.98 Å². The predicted octanol–water partition coefficient (Wildman–Crippen LogP) is 3.24. The Kier molecular flexibility index (Phi) is 6.91. The third kappa shape index (κ3) is 5.37. The Bertz CT molecular complexity index is 1010. The predicted molar refractivity (Wildman–Crippen MR) is 129 cm³/mol. The summed E-state index contributed by atoms with van der Waals surface area (Å²) in [5.41, 5.74) is 2.39. The molecule has 1 aromatic heterocycles. The number of hydrogen-bond acceptors (Lipinski definition) is 4. The van der Waals surface area contributed by atoms with Crippen molar-refractivity contribution in [2.24, 2.45) is 5.92 Å². The van der Waals surface area contributed by atoms with Gasteiger partial charge in [-0.15, -0.1) is 0 Å². The number of nitrogens with zero attached hydrogens (tertiary/aromatic N) is 4. The maximum Gasteiger partial charge on any atom is 0.253 e. The zero-order chi connectivity index (χ0) is 22.6. The zero-order valence-corrected chi connectivity index (χ0v) is 19.6. The quantitative estimate of drug-likeness (QED) is 0.705. The molecule has 2 saturated heterocycles. The Morgan fingerprint density at radius 3 is 2.61 bits per heavy atom. The van der Waals surface area contributed by atoms with Gasteiger partial charge in [0.1, 0.15) is 5.82 Å². The van der Waals surface area contributed by atoms with Gasteiger partial charge in [-0.1, -0.05) is 36.8 Å². The number of rotatable bonds is 5. The molecule has 0 saturated carbocycles. The Morgan fingerprint density at radius 1 is 0.970 bits per heavy atom. The highest BCUT2D eigenvalue weighted by atomic mass is 16.2. The molecule has 33 heavy (non-hydrogen) atoms. The van der Waals surface area contributed by atoms with E-state index in [1.165, 1.54) is 5.56 Å². The molecule has 1 amide bonds. The van der Waals surface area contributed by atoms with E-state index in [9.17, 15) is 9.59 Å². The highest BCUT2D eigenvalue weighted by molar-refractivity contribution is 5.78. The summed E-state index contributed by atoms with van der Waals surface area (Å²) >= 11 is 0. The third-order valence-corrected chi connectivity index (χ3v) is 7.78. The second-order valence-corrected chi connectivity index (χ2v) is 10.1. The largest absolute Gasteiger partial charge is 0.341 e.